The third-order valence-corrected chi connectivity index (χ3v) is 4.66. The van der Waals surface area contributed by atoms with Crippen molar-refractivity contribution in [3.05, 3.63) is 11.7 Å². The van der Waals surface area contributed by atoms with Gasteiger partial charge in [0, 0.05) is 45.6 Å². The number of rotatable bonds is 6. The Bertz CT molecular complexity index is 513. The van der Waals surface area contributed by atoms with E-state index in [4.69, 9.17) is 9.26 Å². The average Bonchev–Trinajstić information content (AvgIpc) is 3.07. The Balaban J connectivity index is 1.48. The van der Waals surface area contributed by atoms with E-state index < -0.39 is 0 Å². The van der Waals surface area contributed by atoms with E-state index in [1.54, 1.807) is 0 Å². The zero-order valence-corrected chi connectivity index (χ0v) is 13.9. The van der Waals surface area contributed by atoms with Crippen molar-refractivity contribution in [1.82, 2.24) is 19.9 Å². The van der Waals surface area contributed by atoms with Crippen LogP contribution in [0.2, 0.25) is 0 Å². The van der Waals surface area contributed by atoms with Crippen molar-refractivity contribution in [3.8, 4) is 0 Å². The zero-order valence-electron chi connectivity index (χ0n) is 13.9. The molecule has 0 bridgehead atoms. The number of aromatic nitrogens is 2. The SMILES string of the molecule is CCc1noc([C@H]2CCC(=O)N(CCCN3CCOCC3)C2)n1. The summed E-state index contributed by atoms with van der Waals surface area (Å²) in [6.45, 7) is 8.18. The summed E-state index contributed by atoms with van der Waals surface area (Å²) in [5.41, 5.74) is 0. The highest BCUT2D eigenvalue weighted by Crippen LogP contribution is 2.26. The minimum atomic E-state index is 0.184. The molecule has 1 aromatic heterocycles. The number of carbonyl (C=O) groups excluding carboxylic acids is 1. The van der Waals surface area contributed by atoms with Crippen LogP contribution in [0.25, 0.3) is 0 Å². The maximum absolute atomic E-state index is 12.1. The molecule has 1 amide bonds. The van der Waals surface area contributed by atoms with E-state index >= 15 is 0 Å². The highest BCUT2D eigenvalue weighted by Gasteiger charge is 2.30. The van der Waals surface area contributed by atoms with Gasteiger partial charge in [-0.3, -0.25) is 9.69 Å². The third kappa shape index (κ3) is 4.29. The van der Waals surface area contributed by atoms with Crippen LogP contribution >= 0.6 is 0 Å². The first-order valence-electron chi connectivity index (χ1n) is 8.66. The summed E-state index contributed by atoms with van der Waals surface area (Å²) in [6, 6.07) is 0. The highest BCUT2D eigenvalue weighted by molar-refractivity contribution is 5.77. The quantitative estimate of drug-likeness (QED) is 0.780. The largest absolute Gasteiger partial charge is 0.379 e. The monoisotopic (exact) mass is 322 g/mol. The molecule has 0 spiro atoms. The van der Waals surface area contributed by atoms with E-state index in [-0.39, 0.29) is 11.8 Å². The third-order valence-electron chi connectivity index (χ3n) is 4.66. The molecular weight excluding hydrogens is 296 g/mol. The number of nitrogens with zero attached hydrogens (tertiary/aromatic N) is 4. The fraction of sp³-hybridized carbons (Fsp3) is 0.812. The molecule has 7 heteroatoms. The topological polar surface area (TPSA) is 71.7 Å². The van der Waals surface area contributed by atoms with E-state index in [2.05, 4.69) is 15.0 Å². The van der Waals surface area contributed by atoms with Crippen LogP contribution in [-0.2, 0) is 16.0 Å². The van der Waals surface area contributed by atoms with Crippen LogP contribution < -0.4 is 0 Å². The van der Waals surface area contributed by atoms with Crippen molar-refractivity contribution < 1.29 is 14.1 Å². The standard InChI is InChI=1S/C16H26N4O3/c1-2-14-17-16(23-18-14)13-4-5-15(21)20(12-13)7-3-6-19-8-10-22-11-9-19/h13H,2-12H2,1H3/t13-/m0/s1. The minimum Gasteiger partial charge on any atom is -0.379 e. The number of aryl methyl sites for hydroxylation is 1. The first-order chi connectivity index (χ1) is 11.3. The second-order valence-corrected chi connectivity index (χ2v) is 6.29. The van der Waals surface area contributed by atoms with E-state index in [0.29, 0.717) is 18.9 Å². The summed E-state index contributed by atoms with van der Waals surface area (Å²) in [6.07, 6.45) is 3.16. The first-order valence-corrected chi connectivity index (χ1v) is 8.66. The molecule has 1 atom stereocenters. The molecule has 1 aromatic rings. The van der Waals surface area contributed by atoms with Crippen LogP contribution in [0.5, 0.6) is 0 Å². The number of hydrogen-bond acceptors (Lipinski definition) is 6. The Morgan fingerprint density at radius 3 is 2.83 bits per heavy atom. The molecule has 0 aromatic carbocycles. The van der Waals surface area contributed by atoms with Gasteiger partial charge in [0.2, 0.25) is 11.8 Å². The van der Waals surface area contributed by atoms with Crippen molar-refractivity contribution in [1.29, 1.82) is 0 Å². The molecule has 0 aliphatic carbocycles. The number of carbonyl (C=O) groups is 1. The van der Waals surface area contributed by atoms with Gasteiger partial charge >= 0.3 is 0 Å². The molecule has 2 fully saturated rings. The summed E-state index contributed by atoms with van der Waals surface area (Å²) < 4.78 is 10.7. The number of ether oxygens (including phenoxy) is 1. The summed E-state index contributed by atoms with van der Waals surface area (Å²) in [4.78, 5) is 20.9. The van der Waals surface area contributed by atoms with E-state index in [1.807, 2.05) is 11.8 Å². The molecular formula is C16H26N4O3. The van der Waals surface area contributed by atoms with Gasteiger partial charge in [-0.05, 0) is 12.8 Å². The molecule has 2 aliphatic heterocycles. The van der Waals surface area contributed by atoms with Crippen molar-refractivity contribution in [2.24, 2.45) is 0 Å². The lowest BCUT2D eigenvalue weighted by Gasteiger charge is -2.32. The Labute approximate surface area is 137 Å². The van der Waals surface area contributed by atoms with E-state index in [1.165, 1.54) is 0 Å². The Morgan fingerprint density at radius 2 is 2.09 bits per heavy atom. The lowest BCUT2D eigenvalue weighted by Crippen LogP contribution is -2.42. The fourth-order valence-corrected chi connectivity index (χ4v) is 3.22. The lowest BCUT2D eigenvalue weighted by molar-refractivity contribution is -0.134. The lowest BCUT2D eigenvalue weighted by atomic mass is 9.97. The number of hydrogen-bond donors (Lipinski definition) is 0. The molecule has 0 unspecified atom stereocenters. The van der Waals surface area contributed by atoms with Crippen LogP contribution in [-0.4, -0.2) is 71.8 Å². The molecule has 23 heavy (non-hydrogen) atoms. The summed E-state index contributed by atoms with van der Waals surface area (Å²) in [7, 11) is 0. The van der Waals surface area contributed by atoms with Gasteiger partial charge in [0.05, 0.1) is 19.1 Å². The molecule has 2 saturated heterocycles. The van der Waals surface area contributed by atoms with Crippen LogP contribution in [0.15, 0.2) is 4.52 Å². The molecule has 0 radical (unpaired) electrons. The predicted molar refractivity (Wildman–Crippen MR) is 84.1 cm³/mol. The van der Waals surface area contributed by atoms with Crippen LogP contribution in [0.4, 0.5) is 0 Å². The van der Waals surface area contributed by atoms with Crippen molar-refractivity contribution in [3.63, 3.8) is 0 Å². The van der Waals surface area contributed by atoms with Crippen molar-refractivity contribution in [2.75, 3.05) is 45.9 Å². The molecule has 2 aliphatic rings. The zero-order chi connectivity index (χ0) is 16.1. The number of piperidine rings is 1. The summed E-state index contributed by atoms with van der Waals surface area (Å²) in [5.74, 6) is 1.87. The van der Waals surface area contributed by atoms with E-state index in [0.717, 1.165) is 64.5 Å². The van der Waals surface area contributed by atoms with Gasteiger partial charge < -0.3 is 14.2 Å². The number of amides is 1. The van der Waals surface area contributed by atoms with Crippen LogP contribution in [0, 0.1) is 0 Å². The van der Waals surface area contributed by atoms with Gasteiger partial charge in [-0.15, -0.1) is 0 Å². The van der Waals surface area contributed by atoms with E-state index in [9.17, 15) is 4.79 Å². The summed E-state index contributed by atoms with van der Waals surface area (Å²) >= 11 is 0. The summed E-state index contributed by atoms with van der Waals surface area (Å²) in [5, 5.41) is 3.97. The Kier molecular flexibility index (Phi) is 5.61. The second-order valence-electron chi connectivity index (χ2n) is 6.29. The number of likely N-dealkylation sites (tertiary alicyclic amines) is 1. The predicted octanol–water partition coefficient (Wildman–Crippen LogP) is 1.06. The molecule has 3 rings (SSSR count). The van der Waals surface area contributed by atoms with Gasteiger partial charge in [-0.25, -0.2) is 0 Å². The van der Waals surface area contributed by atoms with Crippen LogP contribution in [0.1, 0.15) is 43.8 Å². The van der Waals surface area contributed by atoms with Crippen molar-refractivity contribution >= 4 is 5.91 Å². The second kappa shape index (κ2) is 7.88. The molecule has 3 heterocycles. The fourth-order valence-electron chi connectivity index (χ4n) is 3.22. The average molecular weight is 322 g/mol. The van der Waals surface area contributed by atoms with Crippen molar-refractivity contribution in [2.45, 2.75) is 38.5 Å². The normalized spacial score (nSPS) is 23.4. The first kappa shape index (κ1) is 16.4. The maximum Gasteiger partial charge on any atom is 0.231 e. The highest BCUT2D eigenvalue weighted by atomic mass is 16.5. The smallest absolute Gasteiger partial charge is 0.231 e. The van der Waals surface area contributed by atoms with Crippen LogP contribution in [0.3, 0.4) is 0 Å². The van der Waals surface area contributed by atoms with Gasteiger partial charge in [0.1, 0.15) is 0 Å². The molecule has 0 N–H and O–H groups in total. The Hall–Kier alpha value is -1.47. The maximum atomic E-state index is 12.1. The van der Waals surface area contributed by atoms with Gasteiger partial charge in [0.25, 0.3) is 0 Å². The molecule has 128 valence electrons. The van der Waals surface area contributed by atoms with Gasteiger partial charge in [0.15, 0.2) is 5.82 Å². The minimum absolute atomic E-state index is 0.184. The molecule has 7 nitrogen and oxygen atoms in total. The Morgan fingerprint density at radius 1 is 1.26 bits per heavy atom. The number of morpholine rings is 1. The van der Waals surface area contributed by atoms with Gasteiger partial charge in [-0.2, -0.15) is 4.98 Å². The molecule has 0 saturated carbocycles. The van der Waals surface area contributed by atoms with Gasteiger partial charge in [-0.1, -0.05) is 12.1 Å².